The van der Waals surface area contributed by atoms with Crippen LogP contribution in [0.2, 0.25) is 0 Å². The van der Waals surface area contributed by atoms with Gasteiger partial charge >= 0.3 is 0 Å². The van der Waals surface area contributed by atoms with E-state index >= 15 is 0 Å². The summed E-state index contributed by atoms with van der Waals surface area (Å²) in [6.45, 7) is 4.33. The second-order valence-corrected chi connectivity index (χ2v) is 6.38. The van der Waals surface area contributed by atoms with Crippen LogP contribution in [0.4, 0.5) is 0 Å². The molecule has 2 heteroatoms. The molecule has 1 atom stereocenters. The summed E-state index contributed by atoms with van der Waals surface area (Å²) >= 11 is 0. The van der Waals surface area contributed by atoms with E-state index in [2.05, 4.69) is 38.1 Å². The Morgan fingerprint density at radius 2 is 1.86 bits per heavy atom. The molecule has 0 heterocycles. The molecule has 116 valence electrons. The number of ether oxygens (including phenoxy) is 1. The molecule has 2 aromatic carbocycles. The summed E-state index contributed by atoms with van der Waals surface area (Å²) in [5.41, 5.74) is 6.26. The summed E-state index contributed by atoms with van der Waals surface area (Å²) in [4.78, 5) is 0. The fourth-order valence-corrected chi connectivity index (χ4v) is 3.56. The monoisotopic (exact) mass is 296 g/mol. The molecule has 1 aliphatic rings. The fraction of sp³-hybridized carbons (Fsp3) is 0.400. The van der Waals surface area contributed by atoms with Crippen LogP contribution in [0.25, 0.3) is 0 Å². The maximum absolute atomic E-state index is 10.2. The van der Waals surface area contributed by atoms with Crippen LogP contribution in [0.3, 0.4) is 0 Å². The van der Waals surface area contributed by atoms with Gasteiger partial charge in [0.25, 0.3) is 0 Å². The van der Waals surface area contributed by atoms with Gasteiger partial charge in [0, 0.05) is 17.5 Å². The number of rotatable bonds is 2. The first kappa shape index (κ1) is 15.0. The maximum Gasteiger partial charge on any atom is 0.126 e. The summed E-state index contributed by atoms with van der Waals surface area (Å²) in [6.07, 6.45) is 4.37. The zero-order valence-electron chi connectivity index (χ0n) is 13.6. The molecule has 0 aliphatic heterocycles. The molecule has 0 spiro atoms. The molecule has 0 aromatic heterocycles. The molecule has 1 aliphatic carbocycles. The van der Waals surface area contributed by atoms with Gasteiger partial charge in [-0.15, -0.1) is 0 Å². The number of methoxy groups -OCH3 is 1. The van der Waals surface area contributed by atoms with Crippen LogP contribution >= 0.6 is 0 Å². The van der Waals surface area contributed by atoms with E-state index in [1.165, 1.54) is 28.7 Å². The highest BCUT2D eigenvalue weighted by Gasteiger charge is 2.23. The van der Waals surface area contributed by atoms with Gasteiger partial charge in [-0.05, 0) is 55.9 Å². The largest absolute Gasteiger partial charge is 0.508 e. The average Bonchev–Trinajstić information content (AvgIpc) is 2.49. The van der Waals surface area contributed by atoms with E-state index in [9.17, 15) is 5.11 Å². The van der Waals surface area contributed by atoms with E-state index in [4.69, 9.17) is 4.74 Å². The van der Waals surface area contributed by atoms with Crippen molar-refractivity contribution in [1.29, 1.82) is 0 Å². The lowest BCUT2D eigenvalue weighted by Crippen LogP contribution is -2.09. The number of benzene rings is 2. The van der Waals surface area contributed by atoms with E-state index in [1.807, 2.05) is 0 Å². The van der Waals surface area contributed by atoms with Crippen LogP contribution in [0.15, 0.2) is 30.3 Å². The van der Waals surface area contributed by atoms with Crippen molar-refractivity contribution in [3.05, 3.63) is 58.1 Å². The molecule has 0 saturated heterocycles. The van der Waals surface area contributed by atoms with Gasteiger partial charge in [0.15, 0.2) is 0 Å². The highest BCUT2D eigenvalue weighted by atomic mass is 16.5. The van der Waals surface area contributed by atoms with Crippen molar-refractivity contribution < 1.29 is 9.84 Å². The molecular weight excluding hydrogens is 272 g/mol. The van der Waals surface area contributed by atoms with Crippen LogP contribution in [0.1, 0.15) is 53.0 Å². The first-order valence-electron chi connectivity index (χ1n) is 8.07. The van der Waals surface area contributed by atoms with Gasteiger partial charge in [0.2, 0.25) is 0 Å². The topological polar surface area (TPSA) is 29.5 Å². The number of aryl methyl sites for hydroxylation is 3. The molecule has 3 rings (SSSR count). The normalized spacial score (nSPS) is 17.7. The Morgan fingerprint density at radius 1 is 1.05 bits per heavy atom. The quantitative estimate of drug-likeness (QED) is 0.856. The molecule has 2 bridgehead atoms. The van der Waals surface area contributed by atoms with E-state index in [0.29, 0.717) is 11.7 Å². The number of fused-ring (bicyclic) bond motifs is 2. The summed E-state index contributed by atoms with van der Waals surface area (Å²) < 4.78 is 5.56. The number of hydrogen-bond acceptors (Lipinski definition) is 2. The highest BCUT2D eigenvalue weighted by Crippen LogP contribution is 2.42. The summed E-state index contributed by atoms with van der Waals surface area (Å²) in [5.74, 6) is 1.51. The fourth-order valence-electron chi connectivity index (χ4n) is 3.56. The van der Waals surface area contributed by atoms with Crippen molar-refractivity contribution in [1.82, 2.24) is 0 Å². The van der Waals surface area contributed by atoms with Crippen LogP contribution in [-0.2, 0) is 6.42 Å². The van der Waals surface area contributed by atoms with Crippen LogP contribution < -0.4 is 4.74 Å². The van der Waals surface area contributed by atoms with Crippen molar-refractivity contribution in [3.8, 4) is 11.5 Å². The van der Waals surface area contributed by atoms with Gasteiger partial charge < -0.3 is 9.84 Å². The smallest absolute Gasteiger partial charge is 0.126 e. The third-order valence-electron chi connectivity index (χ3n) is 4.81. The Labute approximate surface area is 132 Å². The van der Waals surface area contributed by atoms with E-state index in [-0.39, 0.29) is 0 Å². The van der Waals surface area contributed by atoms with Crippen molar-refractivity contribution in [2.75, 3.05) is 7.11 Å². The zero-order chi connectivity index (χ0) is 15.7. The second-order valence-electron chi connectivity index (χ2n) is 6.38. The molecule has 0 radical (unpaired) electrons. The molecule has 22 heavy (non-hydrogen) atoms. The zero-order valence-corrected chi connectivity index (χ0v) is 13.6. The molecule has 0 amide bonds. The van der Waals surface area contributed by atoms with Gasteiger partial charge in [0.1, 0.15) is 11.5 Å². The Morgan fingerprint density at radius 3 is 2.64 bits per heavy atom. The molecule has 1 N–H and O–H groups in total. The van der Waals surface area contributed by atoms with E-state index in [0.717, 1.165) is 30.6 Å². The summed E-state index contributed by atoms with van der Waals surface area (Å²) in [6, 6.07) is 10.6. The predicted octanol–water partition coefficient (Wildman–Crippen LogP) is 4.88. The van der Waals surface area contributed by atoms with Gasteiger partial charge in [0.05, 0.1) is 7.11 Å². The van der Waals surface area contributed by atoms with Crippen molar-refractivity contribution in [2.24, 2.45) is 0 Å². The van der Waals surface area contributed by atoms with E-state index < -0.39 is 0 Å². The maximum atomic E-state index is 10.2. The number of hydrogen-bond donors (Lipinski definition) is 1. The van der Waals surface area contributed by atoms with Crippen LogP contribution in [-0.4, -0.2) is 12.2 Å². The third-order valence-corrected chi connectivity index (χ3v) is 4.81. The van der Waals surface area contributed by atoms with E-state index in [1.54, 1.807) is 13.2 Å². The number of aromatic hydroxyl groups is 1. The van der Waals surface area contributed by atoms with Gasteiger partial charge in [-0.1, -0.05) is 30.2 Å². The molecule has 0 saturated carbocycles. The Kier molecular flexibility index (Phi) is 4.10. The molecule has 1 unspecified atom stereocenters. The van der Waals surface area contributed by atoms with Crippen LogP contribution in [0.5, 0.6) is 11.5 Å². The Bertz CT molecular complexity index is 688. The van der Waals surface area contributed by atoms with Crippen molar-refractivity contribution >= 4 is 0 Å². The lowest BCUT2D eigenvalue weighted by Gasteiger charge is -2.26. The molecular formula is C20H24O2. The van der Waals surface area contributed by atoms with Gasteiger partial charge in [-0.25, -0.2) is 0 Å². The lowest BCUT2D eigenvalue weighted by atomic mass is 9.80. The average molecular weight is 296 g/mol. The summed E-state index contributed by atoms with van der Waals surface area (Å²) in [5, 5.41) is 10.2. The standard InChI is InChI=1S/C20H24O2/c1-13-8-9-14(2)17(10-13)16-7-5-4-6-15-11-18(16)20(22-3)12-19(15)21/h8-12,16,21H,4-7H2,1-3H3. The Balaban J connectivity index is 2.18. The van der Waals surface area contributed by atoms with Crippen LogP contribution in [0, 0.1) is 13.8 Å². The predicted molar refractivity (Wildman–Crippen MR) is 90.0 cm³/mol. The molecule has 2 aromatic rings. The summed E-state index contributed by atoms with van der Waals surface area (Å²) in [7, 11) is 1.68. The minimum absolute atomic E-state index is 0.342. The SMILES string of the molecule is COc1cc(O)c2cc1C(c1cc(C)ccc1C)CCCC2. The minimum Gasteiger partial charge on any atom is -0.508 e. The molecule has 0 fully saturated rings. The lowest BCUT2D eigenvalue weighted by molar-refractivity contribution is 0.395. The van der Waals surface area contributed by atoms with Crippen molar-refractivity contribution in [3.63, 3.8) is 0 Å². The number of phenols is 1. The second kappa shape index (κ2) is 6.04. The third kappa shape index (κ3) is 2.70. The van der Waals surface area contributed by atoms with Gasteiger partial charge in [-0.3, -0.25) is 0 Å². The van der Waals surface area contributed by atoms with Gasteiger partial charge in [-0.2, -0.15) is 0 Å². The highest BCUT2D eigenvalue weighted by molar-refractivity contribution is 5.52. The first-order chi connectivity index (χ1) is 10.6. The Hall–Kier alpha value is -1.96. The molecule has 2 nitrogen and oxygen atoms in total. The minimum atomic E-state index is 0.342. The number of phenolic OH excluding ortho intramolecular Hbond substituents is 1. The first-order valence-corrected chi connectivity index (χ1v) is 8.07. The van der Waals surface area contributed by atoms with Crippen molar-refractivity contribution in [2.45, 2.75) is 45.4 Å².